The van der Waals surface area contributed by atoms with Crippen molar-refractivity contribution in [2.75, 3.05) is 13.7 Å². The molecule has 1 N–H and O–H groups in total. The minimum absolute atomic E-state index is 0.514. The van der Waals surface area contributed by atoms with E-state index in [2.05, 4.69) is 28.2 Å². The molecule has 98 valence electrons. The molecule has 0 saturated carbocycles. The number of hydrogen-bond donors (Lipinski definition) is 1. The third-order valence-corrected chi connectivity index (χ3v) is 3.53. The maximum Gasteiger partial charge on any atom is 0.149 e. The van der Waals surface area contributed by atoms with E-state index in [1.54, 1.807) is 7.11 Å². The molecular weight excluding hydrogens is 318 g/mol. The molecule has 0 unspecified atom stereocenters. The summed E-state index contributed by atoms with van der Waals surface area (Å²) >= 11 is 9.56. The number of benzene rings is 1. The quantitative estimate of drug-likeness (QED) is 0.895. The van der Waals surface area contributed by atoms with Crippen molar-refractivity contribution < 1.29 is 9.15 Å². The summed E-state index contributed by atoms with van der Waals surface area (Å²) in [7, 11) is 1.68. The lowest BCUT2D eigenvalue weighted by atomic mass is 10.1. The normalized spacial score (nSPS) is 11.3. The zero-order chi connectivity index (χ0) is 13.1. The van der Waals surface area contributed by atoms with E-state index in [0.717, 1.165) is 33.3 Å². The van der Waals surface area contributed by atoms with Crippen LogP contribution in [0.25, 0.3) is 11.0 Å². The Hall–Kier alpha value is -0.550. The molecule has 0 amide bonds. The Morgan fingerprint density at radius 1 is 1.44 bits per heavy atom. The Kier molecular flexibility index (Phi) is 4.67. The van der Waals surface area contributed by atoms with Crippen molar-refractivity contribution in [1.82, 2.24) is 5.32 Å². The number of furan rings is 1. The molecule has 0 spiro atoms. The van der Waals surface area contributed by atoms with Gasteiger partial charge in [0.05, 0.1) is 17.6 Å². The van der Waals surface area contributed by atoms with Gasteiger partial charge in [0, 0.05) is 23.1 Å². The van der Waals surface area contributed by atoms with Gasteiger partial charge in [-0.1, -0.05) is 18.5 Å². The van der Waals surface area contributed by atoms with Crippen molar-refractivity contribution in [1.29, 1.82) is 0 Å². The van der Waals surface area contributed by atoms with Crippen LogP contribution in [0.15, 0.2) is 21.0 Å². The second-order valence-corrected chi connectivity index (χ2v) is 5.27. The van der Waals surface area contributed by atoms with Crippen molar-refractivity contribution in [3.05, 3.63) is 33.0 Å². The summed E-state index contributed by atoms with van der Waals surface area (Å²) in [5.74, 6) is 0.900. The molecule has 3 nitrogen and oxygen atoms in total. The molecule has 2 aromatic rings. The molecule has 0 bridgehead atoms. The van der Waals surface area contributed by atoms with Gasteiger partial charge in [-0.15, -0.1) is 0 Å². The molecule has 2 rings (SSSR count). The van der Waals surface area contributed by atoms with Crippen LogP contribution in [0.1, 0.15) is 18.2 Å². The second kappa shape index (κ2) is 6.06. The van der Waals surface area contributed by atoms with Gasteiger partial charge in [-0.3, -0.25) is 0 Å². The lowest BCUT2D eigenvalue weighted by Crippen LogP contribution is -2.12. The summed E-state index contributed by atoms with van der Waals surface area (Å²) in [5.41, 5.74) is 1.87. The van der Waals surface area contributed by atoms with Gasteiger partial charge in [0.1, 0.15) is 11.3 Å². The fourth-order valence-electron chi connectivity index (χ4n) is 1.91. The van der Waals surface area contributed by atoms with Crippen LogP contribution < -0.4 is 5.32 Å². The molecular formula is C13H15BrClNO2. The van der Waals surface area contributed by atoms with Gasteiger partial charge in [-0.05, 0) is 34.6 Å². The smallest absolute Gasteiger partial charge is 0.149 e. The van der Waals surface area contributed by atoms with Crippen molar-refractivity contribution in [3.8, 4) is 0 Å². The number of methoxy groups -OCH3 is 1. The van der Waals surface area contributed by atoms with Gasteiger partial charge in [0.2, 0.25) is 0 Å². The Morgan fingerprint density at radius 3 is 2.89 bits per heavy atom. The van der Waals surface area contributed by atoms with E-state index in [4.69, 9.17) is 20.8 Å². The number of nitrogens with one attached hydrogen (secondary N) is 1. The molecule has 0 atom stereocenters. The van der Waals surface area contributed by atoms with Gasteiger partial charge in [-0.2, -0.15) is 0 Å². The Balaban J connectivity index is 2.55. The maximum absolute atomic E-state index is 6.08. The molecule has 0 fully saturated rings. The van der Waals surface area contributed by atoms with Crippen LogP contribution in [0, 0.1) is 0 Å². The van der Waals surface area contributed by atoms with Crippen LogP contribution in [0.4, 0.5) is 0 Å². The average Bonchev–Trinajstić information content (AvgIpc) is 2.66. The minimum atomic E-state index is 0.514. The van der Waals surface area contributed by atoms with E-state index in [0.29, 0.717) is 18.2 Å². The standard InChI is InChI=1S/C13H15BrClNO2/c1-3-16-6-12-10(7-17-2)9-4-8(15)5-11(14)13(9)18-12/h4-5,16H,3,6-7H2,1-2H3. The highest BCUT2D eigenvalue weighted by Gasteiger charge is 2.16. The molecule has 0 aliphatic heterocycles. The highest BCUT2D eigenvalue weighted by atomic mass is 79.9. The third kappa shape index (κ3) is 2.72. The number of hydrogen-bond acceptors (Lipinski definition) is 3. The van der Waals surface area contributed by atoms with Gasteiger partial charge in [0.15, 0.2) is 0 Å². The highest BCUT2D eigenvalue weighted by molar-refractivity contribution is 9.10. The average molecular weight is 333 g/mol. The first-order valence-corrected chi connectivity index (χ1v) is 6.93. The number of ether oxygens (including phenoxy) is 1. The first kappa shape index (κ1) is 13.9. The van der Waals surface area contributed by atoms with Crippen LogP contribution in [-0.4, -0.2) is 13.7 Å². The molecule has 5 heteroatoms. The van der Waals surface area contributed by atoms with E-state index in [9.17, 15) is 0 Å². The lowest BCUT2D eigenvalue weighted by Gasteiger charge is -2.02. The highest BCUT2D eigenvalue weighted by Crippen LogP contribution is 2.34. The monoisotopic (exact) mass is 331 g/mol. The Labute approximate surface area is 120 Å². The van der Waals surface area contributed by atoms with Gasteiger partial charge in [-0.25, -0.2) is 0 Å². The SMILES string of the molecule is CCNCc1oc2c(Br)cc(Cl)cc2c1COC. The molecule has 1 aromatic carbocycles. The Morgan fingerprint density at radius 2 is 2.22 bits per heavy atom. The summed E-state index contributed by atoms with van der Waals surface area (Å²) in [4.78, 5) is 0. The van der Waals surface area contributed by atoms with Crippen LogP contribution in [0.5, 0.6) is 0 Å². The zero-order valence-corrected chi connectivity index (χ0v) is 12.7. The molecule has 0 saturated heterocycles. The van der Waals surface area contributed by atoms with E-state index in [1.165, 1.54) is 0 Å². The van der Waals surface area contributed by atoms with Gasteiger partial charge >= 0.3 is 0 Å². The lowest BCUT2D eigenvalue weighted by molar-refractivity contribution is 0.183. The zero-order valence-electron chi connectivity index (χ0n) is 10.3. The number of rotatable bonds is 5. The van der Waals surface area contributed by atoms with Gasteiger partial charge < -0.3 is 14.5 Å². The number of halogens is 2. The number of fused-ring (bicyclic) bond motifs is 1. The van der Waals surface area contributed by atoms with Crippen molar-refractivity contribution in [3.63, 3.8) is 0 Å². The first-order chi connectivity index (χ1) is 8.67. The summed E-state index contributed by atoms with van der Waals surface area (Å²) in [6.45, 7) is 4.16. The van der Waals surface area contributed by atoms with Crippen LogP contribution in [0.2, 0.25) is 5.02 Å². The van der Waals surface area contributed by atoms with Crippen LogP contribution in [0.3, 0.4) is 0 Å². The molecule has 0 radical (unpaired) electrons. The predicted molar refractivity (Wildman–Crippen MR) is 77.0 cm³/mol. The third-order valence-electron chi connectivity index (χ3n) is 2.72. The van der Waals surface area contributed by atoms with Crippen molar-refractivity contribution in [2.24, 2.45) is 0 Å². The van der Waals surface area contributed by atoms with E-state index >= 15 is 0 Å². The van der Waals surface area contributed by atoms with Crippen LogP contribution >= 0.6 is 27.5 Å². The topological polar surface area (TPSA) is 34.4 Å². The molecule has 1 aromatic heterocycles. The summed E-state index contributed by atoms with van der Waals surface area (Å²) in [6, 6.07) is 3.75. The van der Waals surface area contributed by atoms with Gasteiger partial charge in [0.25, 0.3) is 0 Å². The predicted octanol–water partition coefficient (Wildman–Crippen LogP) is 4.10. The fraction of sp³-hybridized carbons (Fsp3) is 0.385. The fourth-order valence-corrected chi connectivity index (χ4v) is 2.80. The largest absolute Gasteiger partial charge is 0.458 e. The second-order valence-electron chi connectivity index (χ2n) is 3.98. The molecule has 0 aliphatic rings. The summed E-state index contributed by atoms with van der Waals surface area (Å²) < 4.78 is 12.0. The van der Waals surface area contributed by atoms with Crippen molar-refractivity contribution >= 4 is 38.5 Å². The Bertz CT molecular complexity index is 553. The molecule has 1 heterocycles. The molecule has 0 aliphatic carbocycles. The van der Waals surface area contributed by atoms with E-state index < -0.39 is 0 Å². The van der Waals surface area contributed by atoms with Crippen LogP contribution in [-0.2, 0) is 17.9 Å². The molecule has 18 heavy (non-hydrogen) atoms. The van der Waals surface area contributed by atoms with E-state index in [1.807, 2.05) is 12.1 Å². The maximum atomic E-state index is 6.08. The summed E-state index contributed by atoms with van der Waals surface area (Å²) in [6.07, 6.45) is 0. The summed E-state index contributed by atoms with van der Waals surface area (Å²) in [5, 5.41) is 4.95. The van der Waals surface area contributed by atoms with E-state index in [-0.39, 0.29) is 0 Å². The minimum Gasteiger partial charge on any atom is -0.458 e. The van der Waals surface area contributed by atoms with Crippen molar-refractivity contribution in [2.45, 2.75) is 20.1 Å². The first-order valence-electron chi connectivity index (χ1n) is 5.76.